The largest absolute Gasteiger partial charge is 0.489 e. The zero-order valence-corrected chi connectivity index (χ0v) is 12.8. The minimum atomic E-state index is -0.426. The highest BCUT2D eigenvalue weighted by Gasteiger charge is 2.09. The minimum absolute atomic E-state index is 0.0549. The van der Waals surface area contributed by atoms with Gasteiger partial charge < -0.3 is 4.74 Å². The summed E-state index contributed by atoms with van der Waals surface area (Å²) in [5, 5.41) is 10.6. The number of non-ortho nitro benzene ring substituents is 1. The van der Waals surface area contributed by atoms with Gasteiger partial charge in [0, 0.05) is 26.6 Å². The number of nitrogens with zero attached hydrogens (tertiary/aromatic N) is 1. The maximum Gasteiger partial charge on any atom is 0.270 e. The van der Waals surface area contributed by atoms with Crippen LogP contribution in [0.4, 0.5) is 5.69 Å². The number of hydrogen-bond donors (Lipinski definition) is 0. The molecule has 0 fully saturated rings. The van der Waals surface area contributed by atoms with E-state index in [0.717, 1.165) is 15.8 Å². The summed E-state index contributed by atoms with van der Waals surface area (Å²) in [6.07, 6.45) is 0. The van der Waals surface area contributed by atoms with Crippen LogP contribution in [0.5, 0.6) is 5.75 Å². The summed E-state index contributed by atoms with van der Waals surface area (Å²) in [6, 6.07) is 12.1. The maximum atomic E-state index is 10.6. The molecule has 19 heavy (non-hydrogen) atoms. The topological polar surface area (TPSA) is 52.4 Å². The monoisotopic (exact) mass is 385 g/mol. The third-order valence-corrected chi connectivity index (χ3v) is 3.72. The zero-order chi connectivity index (χ0) is 13.8. The molecule has 0 saturated heterocycles. The van der Waals surface area contributed by atoms with Crippen LogP contribution >= 0.6 is 31.9 Å². The predicted octanol–water partition coefficient (Wildman–Crippen LogP) is 4.70. The molecule has 0 aliphatic heterocycles. The normalized spacial score (nSPS) is 10.2. The summed E-state index contributed by atoms with van der Waals surface area (Å²) in [7, 11) is 0. The van der Waals surface area contributed by atoms with Gasteiger partial charge in [0.05, 0.1) is 4.92 Å². The first-order chi connectivity index (χ1) is 9.06. The number of nitro groups is 1. The highest BCUT2D eigenvalue weighted by Crippen LogP contribution is 2.24. The first kappa shape index (κ1) is 14.0. The number of benzene rings is 2. The van der Waals surface area contributed by atoms with E-state index in [1.54, 1.807) is 6.07 Å². The fraction of sp³-hybridized carbons (Fsp3) is 0.0769. The van der Waals surface area contributed by atoms with Gasteiger partial charge in [0.2, 0.25) is 0 Å². The van der Waals surface area contributed by atoms with Crippen LogP contribution in [0.3, 0.4) is 0 Å². The standard InChI is InChI=1S/C13H9Br2NO3/c14-10-2-5-12(6-3-10)19-8-9-1-4-11(16(17)18)7-13(9)15/h1-7H,8H2. The lowest BCUT2D eigenvalue weighted by Gasteiger charge is -2.08. The Bertz CT molecular complexity index is 599. The fourth-order valence-electron chi connectivity index (χ4n) is 1.46. The van der Waals surface area contributed by atoms with Crippen molar-refractivity contribution in [2.75, 3.05) is 0 Å². The molecule has 0 bridgehead atoms. The molecule has 0 heterocycles. The molecule has 0 N–H and O–H groups in total. The highest BCUT2D eigenvalue weighted by atomic mass is 79.9. The van der Waals surface area contributed by atoms with Gasteiger partial charge in [0.25, 0.3) is 5.69 Å². The first-order valence-electron chi connectivity index (χ1n) is 5.37. The molecule has 0 saturated carbocycles. The van der Waals surface area contributed by atoms with Crippen LogP contribution in [0.25, 0.3) is 0 Å². The molecule has 0 spiro atoms. The van der Waals surface area contributed by atoms with Gasteiger partial charge in [-0.1, -0.05) is 31.9 Å². The summed E-state index contributed by atoms with van der Waals surface area (Å²) in [5.74, 6) is 0.744. The van der Waals surface area contributed by atoms with Gasteiger partial charge in [-0.25, -0.2) is 0 Å². The summed E-state index contributed by atoms with van der Waals surface area (Å²) in [4.78, 5) is 10.2. The second-order valence-corrected chi connectivity index (χ2v) is 5.55. The fourth-order valence-corrected chi connectivity index (χ4v) is 2.20. The number of hydrogen-bond acceptors (Lipinski definition) is 3. The highest BCUT2D eigenvalue weighted by molar-refractivity contribution is 9.10. The smallest absolute Gasteiger partial charge is 0.270 e. The van der Waals surface area contributed by atoms with E-state index in [4.69, 9.17) is 4.74 Å². The SMILES string of the molecule is O=[N+]([O-])c1ccc(COc2ccc(Br)cc2)c(Br)c1. The van der Waals surface area contributed by atoms with E-state index in [9.17, 15) is 10.1 Å². The van der Waals surface area contributed by atoms with Crippen molar-refractivity contribution >= 4 is 37.5 Å². The quantitative estimate of drug-likeness (QED) is 0.565. The van der Waals surface area contributed by atoms with Gasteiger partial charge in [0.15, 0.2) is 0 Å². The van der Waals surface area contributed by atoms with E-state index < -0.39 is 4.92 Å². The van der Waals surface area contributed by atoms with Crippen molar-refractivity contribution in [3.8, 4) is 5.75 Å². The van der Waals surface area contributed by atoms with E-state index in [-0.39, 0.29) is 5.69 Å². The Morgan fingerprint density at radius 2 is 1.79 bits per heavy atom. The summed E-state index contributed by atoms with van der Waals surface area (Å²) in [6.45, 7) is 0.347. The second kappa shape index (κ2) is 6.16. The van der Waals surface area contributed by atoms with Gasteiger partial charge in [-0.15, -0.1) is 0 Å². The molecule has 0 amide bonds. The van der Waals surface area contributed by atoms with Gasteiger partial charge >= 0.3 is 0 Å². The molecule has 0 atom stereocenters. The van der Waals surface area contributed by atoms with E-state index in [2.05, 4.69) is 31.9 Å². The summed E-state index contributed by atoms with van der Waals surface area (Å²) < 4.78 is 7.26. The van der Waals surface area contributed by atoms with E-state index in [1.807, 2.05) is 24.3 Å². The molecule has 6 heteroatoms. The van der Waals surface area contributed by atoms with Crippen molar-refractivity contribution in [1.82, 2.24) is 0 Å². The third-order valence-electron chi connectivity index (χ3n) is 2.46. The van der Waals surface area contributed by atoms with E-state index in [0.29, 0.717) is 11.1 Å². The van der Waals surface area contributed by atoms with Crippen LogP contribution in [0.2, 0.25) is 0 Å². The van der Waals surface area contributed by atoms with Crippen LogP contribution in [-0.4, -0.2) is 4.92 Å². The molecule has 2 aromatic carbocycles. The number of halogens is 2. The minimum Gasteiger partial charge on any atom is -0.489 e. The first-order valence-corrected chi connectivity index (χ1v) is 6.96. The molecule has 0 unspecified atom stereocenters. The van der Waals surface area contributed by atoms with Gasteiger partial charge in [-0.3, -0.25) is 10.1 Å². The Morgan fingerprint density at radius 1 is 1.11 bits per heavy atom. The Morgan fingerprint density at radius 3 is 2.37 bits per heavy atom. The Kier molecular flexibility index (Phi) is 4.55. The molecule has 98 valence electrons. The van der Waals surface area contributed by atoms with Crippen molar-refractivity contribution in [1.29, 1.82) is 0 Å². The summed E-state index contributed by atoms with van der Waals surface area (Å²) >= 11 is 6.66. The third kappa shape index (κ3) is 3.78. The number of ether oxygens (including phenoxy) is 1. The second-order valence-electron chi connectivity index (χ2n) is 3.78. The molecular formula is C13H9Br2NO3. The van der Waals surface area contributed by atoms with Crippen molar-refractivity contribution in [3.05, 3.63) is 67.1 Å². The zero-order valence-electron chi connectivity index (χ0n) is 9.68. The van der Waals surface area contributed by atoms with Crippen LogP contribution < -0.4 is 4.74 Å². The maximum absolute atomic E-state index is 10.6. The number of nitro benzene ring substituents is 1. The van der Waals surface area contributed by atoms with Gasteiger partial charge in [-0.2, -0.15) is 0 Å². The lowest BCUT2D eigenvalue weighted by Crippen LogP contribution is -1.97. The van der Waals surface area contributed by atoms with Crippen LogP contribution in [0, 0.1) is 10.1 Å². The molecule has 0 aliphatic rings. The van der Waals surface area contributed by atoms with Crippen LogP contribution in [0.15, 0.2) is 51.4 Å². The average molecular weight is 387 g/mol. The predicted molar refractivity (Wildman–Crippen MR) is 79.3 cm³/mol. The molecular weight excluding hydrogens is 378 g/mol. The van der Waals surface area contributed by atoms with Crippen LogP contribution in [-0.2, 0) is 6.61 Å². The van der Waals surface area contributed by atoms with E-state index >= 15 is 0 Å². The Hall–Kier alpha value is -1.40. The molecule has 0 radical (unpaired) electrons. The van der Waals surface area contributed by atoms with Gasteiger partial charge in [0.1, 0.15) is 12.4 Å². The van der Waals surface area contributed by atoms with Crippen molar-refractivity contribution in [3.63, 3.8) is 0 Å². The summed E-state index contributed by atoms with van der Waals surface area (Å²) in [5.41, 5.74) is 0.910. The van der Waals surface area contributed by atoms with Gasteiger partial charge in [-0.05, 0) is 30.3 Å². The Balaban J connectivity index is 2.07. The van der Waals surface area contributed by atoms with Crippen LogP contribution in [0.1, 0.15) is 5.56 Å². The number of rotatable bonds is 4. The van der Waals surface area contributed by atoms with E-state index in [1.165, 1.54) is 12.1 Å². The molecule has 0 aromatic heterocycles. The van der Waals surface area contributed by atoms with Crippen molar-refractivity contribution < 1.29 is 9.66 Å². The lowest BCUT2D eigenvalue weighted by molar-refractivity contribution is -0.384. The Labute approximate surface area is 126 Å². The van der Waals surface area contributed by atoms with Crippen molar-refractivity contribution in [2.45, 2.75) is 6.61 Å². The molecule has 2 rings (SSSR count). The molecule has 4 nitrogen and oxygen atoms in total. The molecule has 0 aliphatic carbocycles. The molecule has 2 aromatic rings. The van der Waals surface area contributed by atoms with Crippen molar-refractivity contribution in [2.24, 2.45) is 0 Å². The average Bonchev–Trinajstić information content (AvgIpc) is 2.39. The lowest BCUT2D eigenvalue weighted by atomic mass is 10.2.